The zero-order valence-electron chi connectivity index (χ0n) is 44.7. The summed E-state index contributed by atoms with van der Waals surface area (Å²) in [5.74, 6) is 0.696. The maximum atomic E-state index is 14.8. The fourth-order valence-electron chi connectivity index (χ4n) is 10.8. The highest BCUT2D eigenvalue weighted by atomic mass is 32.1. The van der Waals surface area contributed by atoms with E-state index in [0.717, 1.165) is 16.1 Å². The van der Waals surface area contributed by atoms with Gasteiger partial charge in [-0.25, -0.2) is 4.79 Å². The number of aliphatic hydroxyl groups is 3. The van der Waals surface area contributed by atoms with Gasteiger partial charge in [-0.15, -0.1) is 11.3 Å². The number of ketones is 1. The first-order valence-electron chi connectivity index (χ1n) is 25.5. The third kappa shape index (κ3) is 13.5. The zero-order chi connectivity index (χ0) is 53.6. The first kappa shape index (κ1) is 58.1. The van der Waals surface area contributed by atoms with Gasteiger partial charge >= 0.3 is 11.9 Å². The largest absolute Gasteiger partial charge is 0.459 e. The summed E-state index contributed by atoms with van der Waals surface area (Å²) in [6, 6.07) is 15.9. The molecule has 3 saturated heterocycles. The van der Waals surface area contributed by atoms with Crippen LogP contribution in [0.1, 0.15) is 111 Å². The molecule has 6 rings (SSSR count). The number of Topliss-reactive ketones (excluding diaryl/α,β-unsaturated/α-hetero) is 1. The van der Waals surface area contributed by atoms with Crippen molar-refractivity contribution in [2.24, 2.45) is 23.7 Å². The first-order valence-corrected chi connectivity index (χ1v) is 26.4. The second-order valence-electron chi connectivity index (χ2n) is 21.2. The summed E-state index contributed by atoms with van der Waals surface area (Å²) >= 11 is 1.51. The van der Waals surface area contributed by atoms with Crippen LogP contribution in [0.5, 0.6) is 0 Å². The number of ether oxygens (including phenoxy) is 8. The number of likely N-dealkylation sites (N-methyl/N-ethyl adjacent to an activating group) is 1. The van der Waals surface area contributed by atoms with Crippen LogP contribution in [0, 0.1) is 35.5 Å². The van der Waals surface area contributed by atoms with E-state index in [-0.39, 0.29) is 31.7 Å². The minimum absolute atomic E-state index is 0.0223. The number of esters is 2. The molecule has 3 aromatic rings. The maximum absolute atomic E-state index is 14.8. The molecule has 0 bridgehead atoms. The van der Waals surface area contributed by atoms with E-state index < -0.39 is 120 Å². The maximum Gasteiger partial charge on any atom is 0.338 e. The lowest BCUT2D eigenvalue weighted by molar-refractivity contribution is -0.319. The molecular weight excluding hydrogens is 957 g/mol. The Morgan fingerprint density at radius 1 is 0.904 bits per heavy atom. The minimum Gasteiger partial charge on any atom is -0.459 e. The SMILES string of the molecule is CC[C@H]1OC(=O)[C@H](C)[C@@H](O[C@H]2C[C@@](C)(OC)[C@@H](O)[C@H](C)O2)[C@H](C)[C@@H](O[C@@H]2O[C@H](C)C[C@H](N(C)C)[C@H]2OC(=O)c2ccccc2)[C@@](C)(OCC#Cc2csc(-c3ccccn3)c2)C[C@@H](C)C(=O)[C@H](C)[C@@H](O)[C@]1(C)O. The van der Waals surface area contributed by atoms with Crippen LogP contribution in [0.3, 0.4) is 0 Å². The smallest absolute Gasteiger partial charge is 0.338 e. The van der Waals surface area contributed by atoms with Gasteiger partial charge in [0.2, 0.25) is 0 Å². The molecule has 18 atom stereocenters. The van der Waals surface area contributed by atoms with E-state index in [1.54, 1.807) is 85.0 Å². The van der Waals surface area contributed by atoms with Crippen LogP contribution >= 0.6 is 11.3 Å². The molecule has 0 radical (unpaired) electrons. The van der Waals surface area contributed by atoms with Crippen molar-refractivity contribution in [3.05, 3.63) is 77.3 Å². The van der Waals surface area contributed by atoms with Crippen LogP contribution in [0.4, 0.5) is 0 Å². The Kier molecular flexibility index (Phi) is 19.6. The predicted molar refractivity (Wildman–Crippen MR) is 274 cm³/mol. The number of hydrogen-bond acceptors (Lipinski definition) is 17. The second-order valence-corrected chi connectivity index (χ2v) is 22.1. The summed E-state index contributed by atoms with van der Waals surface area (Å²) < 4.78 is 52.7. The Morgan fingerprint density at radius 2 is 1.60 bits per heavy atom. The summed E-state index contributed by atoms with van der Waals surface area (Å²) in [5.41, 5.74) is -2.77. The van der Waals surface area contributed by atoms with Crippen molar-refractivity contribution in [3.63, 3.8) is 0 Å². The lowest BCUT2D eigenvalue weighted by atomic mass is 9.73. The van der Waals surface area contributed by atoms with Gasteiger partial charge in [-0.2, -0.15) is 0 Å². The standard InChI is InChI=1S/C56H78N2O14S/c1-14-43-56(10,64)48(60)34(4)45(59)32(2)29-55(9,66-26-20-21-38-28-42(73-31-38)40-24-18-19-25-57-40)50(35(5)46(36(6)51(62)69-43)70-44-30-54(8,65-13)49(61)37(7)68-44)72-53-47(41(58(11)12)27-33(3)67-53)71-52(63)39-22-16-15-17-23-39/h15-19,22-25,28,31-37,41,43-44,46-50,53,60-61,64H,14,26-27,29-30H2,1-13H3/t32-,33-,34+,35+,36-,37+,41+,43-,44+,46+,47-,48-,49+,50-,53+,54-,55+,56-/m1/s1. The summed E-state index contributed by atoms with van der Waals surface area (Å²) in [7, 11) is 5.28. The van der Waals surface area contributed by atoms with Crippen LogP contribution in [0.25, 0.3) is 10.6 Å². The third-order valence-electron chi connectivity index (χ3n) is 15.3. The first-order chi connectivity index (χ1) is 34.4. The molecule has 3 aliphatic heterocycles. The highest BCUT2D eigenvalue weighted by molar-refractivity contribution is 7.13. The monoisotopic (exact) mass is 1030 g/mol. The number of carbonyl (C=O) groups excluding carboxylic acids is 3. The molecule has 17 heteroatoms. The van der Waals surface area contributed by atoms with Gasteiger partial charge in [-0.05, 0) is 105 Å². The predicted octanol–water partition coefficient (Wildman–Crippen LogP) is 6.85. The third-order valence-corrected chi connectivity index (χ3v) is 16.2. The molecule has 3 aliphatic rings. The molecule has 1 aromatic carbocycles. The quantitative estimate of drug-likeness (QED) is 0.126. The van der Waals surface area contributed by atoms with Gasteiger partial charge in [-0.3, -0.25) is 14.6 Å². The van der Waals surface area contributed by atoms with E-state index in [0.29, 0.717) is 12.0 Å². The van der Waals surface area contributed by atoms with E-state index in [2.05, 4.69) is 16.8 Å². The molecule has 73 heavy (non-hydrogen) atoms. The number of hydrogen-bond donors (Lipinski definition) is 3. The van der Waals surface area contributed by atoms with Gasteiger partial charge in [-0.1, -0.05) is 63.8 Å². The van der Waals surface area contributed by atoms with E-state index in [4.69, 9.17) is 37.9 Å². The van der Waals surface area contributed by atoms with Gasteiger partial charge in [0.15, 0.2) is 18.7 Å². The number of methoxy groups -OCH3 is 1. The number of aliphatic hydroxyl groups excluding tert-OH is 2. The number of cyclic esters (lactones) is 1. The molecule has 5 heterocycles. The molecule has 0 aliphatic carbocycles. The van der Waals surface area contributed by atoms with Crippen molar-refractivity contribution >= 4 is 29.1 Å². The van der Waals surface area contributed by atoms with Gasteiger partial charge in [0.05, 0.1) is 69.8 Å². The van der Waals surface area contributed by atoms with Crippen molar-refractivity contribution in [2.75, 3.05) is 27.8 Å². The Hall–Kier alpha value is -4.16. The Balaban J connectivity index is 1.51. The van der Waals surface area contributed by atoms with Gasteiger partial charge in [0.1, 0.15) is 30.2 Å². The summed E-state index contributed by atoms with van der Waals surface area (Å²) in [6.45, 7) is 16.9. The number of aromatic nitrogens is 1. The van der Waals surface area contributed by atoms with E-state index in [9.17, 15) is 29.7 Å². The van der Waals surface area contributed by atoms with Crippen LogP contribution in [0.15, 0.2) is 66.2 Å². The lowest BCUT2D eigenvalue weighted by Crippen LogP contribution is -2.62. The van der Waals surface area contributed by atoms with E-state index in [1.165, 1.54) is 25.4 Å². The number of carbonyl (C=O) groups is 3. The fourth-order valence-corrected chi connectivity index (χ4v) is 11.6. The lowest BCUT2D eigenvalue weighted by Gasteiger charge is -2.50. The molecule has 16 nitrogen and oxygen atoms in total. The Morgan fingerprint density at radius 3 is 2.25 bits per heavy atom. The number of thiophene rings is 1. The van der Waals surface area contributed by atoms with Crippen LogP contribution < -0.4 is 0 Å². The molecule has 3 fully saturated rings. The Bertz CT molecular complexity index is 2360. The highest BCUT2D eigenvalue weighted by Gasteiger charge is 2.55. The molecule has 3 N–H and O–H groups in total. The van der Waals surface area contributed by atoms with Crippen LogP contribution in [-0.2, 0) is 47.5 Å². The van der Waals surface area contributed by atoms with Gasteiger partial charge < -0.3 is 58.1 Å². The summed E-state index contributed by atoms with van der Waals surface area (Å²) in [5, 5.41) is 37.0. The number of rotatable bonds is 12. The molecule has 0 unspecified atom stereocenters. The van der Waals surface area contributed by atoms with E-state index >= 15 is 0 Å². The highest BCUT2D eigenvalue weighted by Crippen LogP contribution is 2.43. The molecule has 0 spiro atoms. The number of nitrogens with zero attached hydrogens (tertiary/aromatic N) is 2. The van der Waals surface area contributed by atoms with Gasteiger partial charge in [0.25, 0.3) is 0 Å². The van der Waals surface area contributed by atoms with E-state index in [1.807, 2.05) is 62.5 Å². The second kappa shape index (κ2) is 24.7. The van der Waals surface area contributed by atoms with Crippen LogP contribution in [-0.4, -0.2) is 155 Å². The van der Waals surface area contributed by atoms with Crippen molar-refractivity contribution in [1.82, 2.24) is 9.88 Å². The van der Waals surface area contributed by atoms with Crippen molar-refractivity contribution in [3.8, 4) is 22.4 Å². The zero-order valence-corrected chi connectivity index (χ0v) is 45.5. The van der Waals surface area contributed by atoms with Gasteiger partial charge in [0, 0.05) is 48.4 Å². The van der Waals surface area contributed by atoms with Crippen molar-refractivity contribution in [2.45, 2.75) is 179 Å². The normalized spacial score (nSPS) is 37.9. The number of benzene rings is 1. The fraction of sp³-hybridized carbons (Fsp3) is 0.643. The minimum atomic E-state index is -2.05. The number of pyridine rings is 1. The molecule has 402 valence electrons. The molecule has 2 aromatic heterocycles. The molecule has 0 saturated carbocycles. The van der Waals surface area contributed by atoms with Crippen molar-refractivity contribution in [1.29, 1.82) is 0 Å². The summed E-state index contributed by atoms with van der Waals surface area (Å²) in [4.78, 5) is 50.8. The topological polar surface area (TPSA) is 202 Å². The average Bonchev–Trinajstić information content (AvgIpc) is 3.85. The van der Waals surface area contributed by atoms with Crippen molar-refractivity contribution < 1.29 is 67.6 Å². The molecule has 0 amide bonds. The van der Waals surface area contributed by atoms with Crippen LogP contribution in [0.2, 0.25) is 0 Å². The summed E-state index contributed by atoms with van der Waals surface area (Å²) in [6.07, 6.45) is -8.28. The Labute approximate surface area is 435 Å². The molecular formula is C56H78N2O14S. The average molecular weight is 1040 g/mol.